The first-order valence-electron chi connectivity index (χ1n) is 3.82. The molecule has 13 heavy (non-hydrogen) atoms. The lowest BCUT2D eigenvalue weighted by Gasteiger charge is -2.06. The lowest BCUT2D eigenvalue weighted by Crippen LogP contribution is -2.30. The Labute approximate surface area is 85.0 Å². The smallest absolute Gasteiger partial charge is 0.328 e. The Kier molecular flexibility index (Phi) is 3.45. The minimum atomic E-state index is -0.598. The second-order valence-corrected chi connectivity index (χ2v) is 3.58. The summed E-state index contributed by atoms with van der Waals surface area (Å²) in [6.07, 6.45) is 0. The quantitative estimate of drug-likeness (QED) is 0.636. The Morgan fingerprint density at radius 2 is 2.31 bits per heavy atom. The third-order valence-electron chi connectivity index (χ3n) is 1.39. The number of hydrogen-bond acceptors (Lipinski definition) is 3. The van der Waals surface area contributed by atoms with E-state index in [0.717, 1.165) is 4.47 Å². The fraction of sp³-hybridized carbons (Fsp3) is 0.222. The summed E-state index contributed by atoms with van der Waals surface area (Å²) in [6.45, 7) is 1.58. The highest BCUT2D eigenvalue weighted by Gasteiger charge is 2.09. The summed E-state index contributed by atoms with van der Waals surface area (Å²) in [7, 11) is 0. The Hall–Kier alpha value is -0.870. The molecule has 0 fully saturated rings. The predicted octanol–water partition coefficient (Wildman–Crippen LogP) is 1.70. The first-order valence-corrected chi connectivity index (χ1v) is 4.62. The summed E-state index contributed by atoms with van der Waals surface area (Å²) in [4.78, 5) is 11.1. The van der Waals surface area contributed by atoms with Crippen LogP contribution in [-0.2, 0) is 4.79 Å². The maximum atomic E-state index is 11.1. The molecule has 1 aromatic carbocycles. The van der Waals surface area contributed by atoms with Gasteiger partial charge in [-0.3, -0.25) is 0 Å². The number of halogens is 1. The van der Waals surface area contributed by atoms with Crippen molar-refractivity contribution in [2.45, 2.75) is 13.0 Å². The van der Waals surface area contributed by atoms with Crippen LogP contribution in [0.3, 0.4) is 0 Å². The van der Waals surface area contributed by atoms with Crippen LogP contribution in [0.25, 0.3) is 0 Å². The van der Waals surface area contributed by atoms with Gasteiger partial charge in [0, 0.05) is 4.47 Å². The van der Waals surface area contributed by atoms with E-state index in [-0.39, 0.29) is 0 Å². The minimum Gasteiger partial charge on any atom is -0.425 e. The van der Waals surface area contributed by atoms with Crippen LogP contribution in [0.15, 0.2) is 28.7 Å². The van der Waals surface area contributed by atoms with Gasteiger partial charge < -0.3 is 10.5 Å². The average molecular weight is 244 g/mol. The summed E-state index contributed by atoms with van der Waals surface area (Å²) in [5.74, 6) is 0.0646. The van der Waals surface area contributed by atoms with Crippen LogP contribution in [0.1, 0.15) is 6.92 Å². The van der Waals surface area contributed by atoms with Gasteiger partial charge in [-0.05, 0) is 25.1 Å². The predicted molar refractivity (Wildman–Crippen MR) is 53.4 cm³/mol. The molecule has 0 spiro atoms. The molecule has 0 aliphatic heterocycles. The zero-order valence-electron chi connectivity index (χ0n) is 7.16. The lowest BCUT2D eigenvalue weighted by molar-refractivity contribution is -0.135. The number of nitrogens with two attached hydrogens (primary N) is 1. The molecule has 0 saturated heterocycles. The lowest BCUT2D eigenvalue weighted by atomic mass is 10.3. The van der Waals surface area contributed by atoms with E-state index < -0.39 is 12.0 Å². The summed E-state index contributed by atoms with van der Waals surface area (Å²) in [6, 6.07) is 6.45. The molecule has 0 heterocycles. The van der Waals surface area contributed by atoms with Gasteiger partial charge in [-0.2, -0.15) is 0 Å². The van der Waals surface area contributed by atoms with E-state index in [1.807, 2.05) is 6.07 Å². The van der Waals surface area contributed by atoms with Crippen LogP contribution in [0.4, 0.5) is 0 Å². The molecule has 0 radical (unpaired) electrons. The van der Waals surface area contributed by atoms with E-state index in [1.165, 1.54) is 0 Å². The van der Waals surface area contributed by atoms with E-state index in [4.69, 9.17) is 10.5 Å². The summed E-state index contributed by atoms with van der Waals surface area (Å²) < 4.78 is 5.83. The second kappa shape index (κ2) is 4.39. The molecule has 3 nitrogen and oxygen atoms in total. The Bertz CT molecular complexity index is 312. The maximum absolute atomic E-state index is 11.1. The van der Waals surface area contributed by atoms with E-state index in [1.54, 1.807) is 25.1 Å². The molecular weight excluding hydrogens is 234 g/mol. The van der Waals surface area contributed by atoms with Gasteiger partial charge in [-0.15, -0.1) is 0 Å². The van der Waals surface area contributed by atoms with Gasteiger partial charge in [-0.1, -0.05) is 22.0 Å². The van der Waals surface area contributed by atoms with Gasteiger partial charge in [0.1, 0.15) is 11.8 Å². The first kappa shape index (κ1) is 10.2. The van der Waals surface area contributed by atoms with Crippen molar-refractivity contribution in [3.63, 3.8) is 0 Å². The molecule has 4 heteroatoms. The topological polar surface area (TPSA) is 52.3 Å². The van der Waals surface area contributed by atoms with Gasteiger partial charge in [-0.25, -0.2) is 4.79 Å². The zero-order valence-corrected chi connectivity index (χ0v) is 8.74. The van der Waals surface area contributed by atoms with E-state index >= 15 is 0 Å². The van der Waals surface area contributed by atoms with Gasteiger partial charge in [0.15, 0.2) is 0 Å². The fourth-order valence-corrected chi connectivity index (χ4v) is 1.12. The average Bonchev–Trinajstić information content (AvgIpc) is 2.04. The van der Waals surface area contributed by atoms with Crippen molar-refractivity contribution >= 4 is 21.9 Å². The number of rotatable bonds is 2. The van der Waals surface area contributed by atoms with Gasteiger partial charge >= 0.3 is 5.97 Å². The highest BCUT2D eigenvalue weighted by atomic mass is 79.9. The SMILES string of the molecule is C[C@H](N)C(=O)Oc1cccc(Br)c1. The number of hydrogen-bond donors (Lipinski definition) is 1. The number of ether oxygens (including phenoxy) is 1. The molecule has 2 N–H and O–H groups in total. The van der Waals surface area contributed by atoms with Crippen molar-refractivity contribution in [1.29, 1.82) is 0 Å². The third-order valence-corrected chi connectivity index (χ3v) is 1.88. The molecule has 0 saturated carbocycles. The molecule has 0 aliphatic carbocycles. The van der Waals surface area contributed by atoms with Crippen molar-refractivity contribution in [2.75, 3.05) is 0 Å². The normalized spacial score (nSPS) is 12.2. The molecule has 0 aromatic heterocycles. The van der Waals surface area contributed by atoms with Gasteiger partial charge in [0.05, 0.1) is 0 Å². The molecule has 0 aliphatic rings. The van der Waals surface area contributed by atoms with Crippen molar-refractivity contribution in [2.24, 2.45) is 5.73 Å². The van der Waals surface area contributed by atoms with Gasteiger partial charge in [0.25, 0.3) is 0 Å². The van der Waals surface area contributed by atoms with E-state index in [2.05, 4.69) is 15.9 Å². The Morgan fingerprint density at radius 3 is 2.85 bits per heavy atom. The number of esters is 1. The minimum absolute atomic E-state index is 0.432. The van der Waals surface area contributed by atoms with Crippen molar-refractivity contribution in [1.82, 2.24) is 0 Å². The summed E-state index contributed by atoms with van der Waals surface area (Å²) >= 11 is 3.27. The molecule has 1 aromatic rings. The molecule has 0 unspecified atom stereocenters. The van der Waals surface area contributed by atoms with Crippen LogP contribution in [-0.4, -0.2) is 12.0 Å². The maximum Gasteiger partial charge on any atom is 0.328 e. The van der Waals surface area contributed by atoms with E-state index in [9.17, 15) is 4.79 Å². The number of carbonyl (C=O) groups is 1. The van der Waals surface area contributed by atoms with Gasteiger partial charge in [0.2, 0.25) is 0 Å². The molecule has 0 bridgehead atoms. The highest BCUT2D eigenvalue weighted by molar-refractivity contribution is 9.10. The highest BCUT2D eigenvalue weighted by Crippen LogP contribution is 2.17. The zero-order chi connectivity index (χ0) is 9.84. The van der Waals surface area contributed by atoms with Crippen molar-refractivity contribution in [3.05, 3.63) is 28.7 Å². The first-order chi connectivity index (χ1) is 6.09. The van der Waals surface area contributed by atoms with Crippen LogP contribution in [0, 0.1) is 0 Å². The number of benzene rings is 1. The van der Waals surface area contributed by atoms with Crippen molar-refractivity contribution < 1.29 is 9.53 Å². The molecular formula is C9H10BrNO2. The molecule has 70 valence electrons. The molecule has 1 atom stereocenters. The number of carbonyl (C=O) groups excluding carboxylic acids is 1. The van der Waals surface area contributed by atoms with Crippen LogP contribution < -0.4 is 10.5 Å². The summed E-state index contributed by atoms with van der Waals surface area (Å²) in [5, 5.41) is 0. The molecule has 1 rings (SSSR count). The third kappa shape index (κ3) is 3.16. The van der Waals surface area contributed by atoms with Crippen LogP contribution >= 0.6 is 15.9 Å². The Balaban J connectivity index is 2.69. The van der Waals surface area contributed by atoms with Crippen LogP contribution in [0.5, 0.6) is 5.75 Å². The largest absolute Gasteiger partial charge is 0.425 e. The van der Waals surface area contributed by atoms with E-state index in [0.29, 0.717) is 5.75 Å². The summed E-state index contributed by atoms with van der Waals surface area (Å²) in [5.41, 5.74) is 5.34. The monoisotopic (exact) mass is 243 g/mol. The standard InChI is InChI=1S/C9H10BrNO2/c1-6(11)9(12)13-8-4-2-3-7(10)5-8/h2-6H,11H2,1H3/t6-/m0/s1. The van der Waals surface area contributed by atoms with Crippen molar-refractivity contribution in [3.8, 4) is 5.75 Å². The molecule has 0 amide bonds. The second-order valence-electron chi connectivity index (χ2n) is 2.67. The van der Waals surface area contributed by atoms with Crippen LogP contribution in [0.2, 0.25) is 0 Å². The Morgan fingerprint density at radius 1 is 1.62 bits per heavy atom. The fourth-order valence-electron chi connectivity index (χ4n) is 0.740.